The molecule has 0 radical (unpaired) electrons. The molecule has 0 saturated carbocycles. The summed E-state index contributed by atoms with van der Waals surface area (Å²) in [6, 6.07) is 15.5. The summed E-state index contributed by atoms with van der Waals surface area (Å²) >= 11 is 3.38. The number of rotatable bonds is 6. The number of amides is 1. The van der Waals surface area contributed by atoms with Crippen molar-refractivity contribution < 1.29 is 14.3 Å². The molecule has 128 valence electrons. The van der Waals surface area contributed by atoms with E-state index in [1.54, 1.807) is 6.20 Å². The van der Waals surface area contributed by atoms with Gasteiger partial charge in [0.15, 0.2) is 6.61 Å². The van der Waals surface area contributed by atoms with Crippen LogP contribution in [0.15, 0.2) is 59.2 Å². The maximum absolute atomic E-state index is 12.2. The molecule has 0 unspecified atom stereocenters. The van der Waals surface area contributed by atoms with Crippen molar-refractivity contribution in [2.45, 2.75) is 6.42 Å². The molecule has 3 rings (SSSR count). The van der Waals surface area contributed by atoms with Crippen molar-refractivity contribution in [3.63, 3.8) is 0 Å². The van der Waals surface area contributed by atoms with E-state index in [0.29, 0.717) is 12.1 Å². The van der Waals surface area contributed by atoms with Crippen molar-refractivity contribution in [1.29, 1.82) is 0 Å². The van der Waals surface area contributed by atoms with E-state index in [-0.39, 0.29) is 12.5 Å². The molecule has 0 aliphatic rings. The number of H-pyrrole nitrogens is 1. The van der Waals surface area contributed by atoms with Gasteiger partial charge in [-0.25, -0.2) is 4.79 Å². The second-order valence-corrected chi connectivity index (χ2v) is 6.47. The molecule has 5 nitrogen and oxygen atoms in total. The van der Waals surface area contributed by atoms with Gasteiger partial charge in [0.05, 0.1) is 5.56 Å². The van der Waals surface area contributed by atoms with Gasteiger partial charge in [0.25, 0.3) is 5.91 Å². The van der Waals surface area contributed by atoms with E-state index in [9.17, 15) is 9.59 Å². The van der Waals surface area contributed by atoms with E-state index in [2.05, 4.69) is 26.2 Å². The number of benzene rings is 2. The average molecular weight is 401 g/mol. The van der Waals surface area contributed by atoms with Crippen LogP contribution >= 0.6 is 15.9 Å². The largest absolute Gasteiger partial charge is 0.452 e. The molecular formula is C19H17BrN2O3. The Bertz CT molecular complexity index is 890. The van der Waals surface area contributed by atoms with Crippen LogP contribution in [0.2, 0.25) is 0 Å². The zero-order valence-electron chi connectivity index (χ0n) is 13.4. The average Bonchev–Trinajstić information content (AvgIpc) is 3.03. The Morgan fingerprint density at radius 1 is 1.12 bits per heavy atom. The van der Waals surface area contributed by atoms with Crippen LogP contribution in [0, 0.1) is 0 Å². The highest BCUT2D eigenvalue weighted by Gasteiger charge is 2.15. The van der Waals surface area contributed by atoms with Gasteiger partial charge in [-0.2, -0.15) is 0 Å². The van der Waals surface area contributed by atoms with Gasteiger partial charge in [0.1, 0.15) is 0 Å². The number of carbonyl (C=O) groups is 2. The van der Waals surface area contributed by atoms with Crippen molar-refractivity contribution in [3.8, 4) is 0 Å². The minimum Gasteiger partial charge on any atom is -0.452 e. The molecule has 0 spiro atoms. The molecule has 2 N–H and O–H groups in total. The van der Waals surface area contributed by atoms with E-state index in [1.807, 2.05) is 48.5 Å². The summed E-state index contributed by atoms with van der Waals surface area (Å²) in [6.07, 6.45) is 2.32. The van der Waals surface area contributed by atoms with Gasteiger partial charge in [-0.3, -0.25) is 4.79 Å². The smallest absolute Gasteiger partial charge is 0.340 e. The van der Waals surface area contributed by atoms with Gasteiger partial charge < -0.3 is 15.0 Å². The monoisotopic (exact) mass is 400 g/mol. The number of hydrogen-bond donors (Lipinski definition) is 2. The Hall–Kier alpha value is -2.60. The van der Waals surface area contributed by atoms with E-state index in [0.717, 1.165) is 27.4 Å². The summed E-state index contributed by atoms with van der Waals surface area (Å²) < 4.78 is 5.98. The van der Waals surface area contributed by atoms with Crippen LogP contribution < -0.4 is 5.32 Å². The Morgan fingerprint density at radius 2 is 1.92 bits per heavy atom. The highest BCUT2D eigenvalue weighted by Crippen LogP contribution is 2.23. The lowest BCUT2D eigenvalue weighted by Crippen LogP contribution is -2.30. The molecule has 3 aromatic rings. The first-order chi connectivity index (χ1) is 12.1. The van der Waals surface area contributed by atoms with Gasteiger partial charge in [-0.05, 0) is 30.2 Å². The molecule has 25 heavy (non-hydrogen) atoms. The van der Waals surface area contributed by atoms with Crippen molar-refractivity contribution >= 4 is 38.7 Å². The van der Waals surface area contributed by atoms with Crippen molar-refractivity contribution in [1.82, 2.24) is 10.3 Å². The molecule has 2 aromatic carbocycles. The highest BCUT2D eigenvalue weighted by molar-refractivity contribution is 9.10. The molecule has 0 fully saturated rings. The minimum absolute atomic E-state index is 0.297. The zero-order valence-corrected chi connectivity index (χ0v) is 15.0. The lowest BCUT2D eigenvalue weighted by molar-refractivity contribution is -0.124. The predicted octanol–water partition coefficient (Wildman–Crippen LogP) is 3.45. The van der Waals surface area contributed by atoms with Crippen molar-refractivity contribution in [3.05, 3.63) is 70.3 Å². The number of ether oxygens (including phenoxy) is 1. The highest BCUT2D eigenvalue weighted by atomic mass is 79.9. The molecule has 1 heterocycles. The molecule has 1 aromatic heterocycles. The molecule has 1 amide bonds. The maximum Gasteiger partial charge on any atom is 0.340 e. The Balaban J connectivity index is 1.49. The van der Waals surface area contributed by atoms with Gasteiger partial charge in [-0.1, -0.05) is 46.3 Å². The number of aromatic nitrogens is 1. The first kappa shape index (κ1) is 17.2. The quantitative estimate of drug-likeness (QED) is 0.622. The topological polar surface area (TPSA) is 71.2 Å². The van der Waals surface area contributed by atoms with Crippen molar-refractivity contribution in [2.75, 3.05) is 13.2 Å². The lowest BCUT2D eigenvalue weighted by atomic mass is 10.1. The number of halogens is 1. The number of hydrogen-bond acceptors (Lipinski definition) is 3. The predicted molar refractivity (Wildman–Crippen MR) is 99.4 cm³/mol. The fraction of sp³-hybridized carbons (Fsp3) is 0.158. The normalized spacial score (nSPS) is 10.6. The van der Waals surface area contributed by atoms with Gasteiger partial charge in [0.2, 0.25) is 0 Å². The summed E-state index contributed by atoms with van der Waals surface area (Å²) in [7, 11) is 0. The summed E-state index contributed by atoms with van der Waals surface area (Å²) in [5.41, 5.74) is 2.39. The number of nitrogens with one attached hydrogen (secondary N) is 2. The van der Waals surface area contributed by atoms with Gasteiger partial charge in [0, 0.05) is 28.1 Å². The fourth-order valence-corrected chi connectivity index (χ4v) is 2.87. The third-order valence-electron chi connectivity index (χ3n) is 3.78. The van der Waals surface area contributed by atoms with Crippen LogP contribution in [-0.2, 0) is 16.0 Å². The van der Waals surface area contributed by atoms with E-state index < -0.39 is 5.97 Å². The zero-order chi connectivity index (χ0) is 17.6. The van der Waals surface area contributed by atoms with E-state index in [1.165, 1.54) is 0 Å². The standard InChI is InChI=1S/C19H17BrN2O3/c20-14-6-7-17-15(10-14)16(11-22-17)19(24)25-12-18(23)21-9-8-13-4-2-1-3-5-13/h1-7,10-11,22H,8-9,12H2,(H,21,23). The maximum atomic E-state index is 12.2. The summed E-state index contributed by atoms with van der Waals surface area (Å²) in [5, 5.41) is 3.50. The minimum atomic E-state index is -0.525. The number of fused-ring (bicyclic) bond motifs is 1. The molecule has 0 bridgehead atoms. The Kier molecular flexibility index (Phi) is 5.50. The van der Waals surface area contributed by atoms with Crippen molar-refractivity contribution in [2.24, 2.45) is 0 Å². The van der Waals surface area contributed by atoms with Crippen LogP contribution in [0.4, 0.5) is 0 Å². The van der Waals surface area contributed by atoms with E-state index in [4.69, 9.17) is 4.74 Å². The molecular weight excluding hydrogens is 384 g/mol. The molecule has 0 aliphatic carbocycles. The molecule has 0 atom stereocenters. The lowest BCUT2D eigenvalue weighted by Gasteiger charge is -2.06. The molecule has 0 aliphatic heterocycles. The molecule has 0 saturated heterocycles. The first-order valence-corrected chi connectivity index (χ1v) is 8.67. The third-order valence-corrected chi connectivity index (χ3v) is 4.27. The van der Waals surface area contributed by atoms with Crippen LogP contribution in [0.1, 0.15) is 15.9 Å². The second kappa shape index (κ2) is 7.98. The summed E-state index contributed by atoms with van der Waals surface area (Å²) in [6.45, 7) is 0.203. The van der Waals surface area contributed by atoms with Crippen LogP contribution in [0.25, 0.3) is 10.9 Å². The van der Waals surface area contributed by atoms with Gasteiger partial charge in [-0.15, -0.1) is 0 Å². The second-order valence-electron chi connectivity index (χ2n) is 5.55. The van der Waals surface area contributed by atoms with Crippen LogP contribution in [0.5, 0.6) is 0 Å². The number of aromatic amines is 1. The summed E-state index contributed by atoms with van der Waals surface area (Å²) in [4.78, 5) is 27.0. The van der Waals surface area contributed by atoms with Crippen LogP contribution in [-0.4, -0.2) is 30.0 Å². The third kappa shape index (κ3) is 4.48. The van der Waals surface area contributed by atoms with Gasteiger partial charge >= 0.3 is 5.97 Å². The van der Waals surface area contributed by atoms with Crippen LogP contribution in [0.3, 0.4) is 0 Å². The van der Waals surface area contributed by atoms with E-state index >= 15 is 0 Å². The molecule has 6 heteroatoms. The first-order valence-electron chi connectivity index (χ1n) is 7.88. The SMILES string of the molecule is O=C(COC(=O)c1c[nH]c2ccc(Br)cc12)NCCc1ccccc1. The fourth-order valence-electron chi connectivity index (χ4n) is 2.51. The Labute approximate surface area is 153 Å². The number of carbonyl (C=O) groups excluding carboxylic acids is 2. The Morgan fingerprint density at radius 3 is 2.72 bits per heavy atom. The summed E-state index contributed by atoms with van der Waals surface area (Å²) in [5.74, 6) is -0.840. The number of esters is 1.